The maximum absolute atomic E-state index is 13.6. The molecule has 1 saturated heterocycles. The van der Waals surface area contributed by atoms with Gasteiger partial charge in [-0.3, -0.25) is 9.08 Å². The molecule has 1 heterocycles. The molecule has 4 rings (SSSR count). The van der Waals surface area contributed by atoms with E-state index in [0.29, 0.717) is 0 Å². The van der Waals surface area contributed by atoms with Gasteiger partial charge in [0.05, 0.1) is 17.5 Å². The third-order valence-electron chi connectivity index (χ3n) is 6.17. The van der Waals surface area contributed by atoms with Crippen LogP contribution in [0.3, 0.4) is 0 Å². The van der Waals surface area contributed by atoms with E-state index in [1.165, 1.54) is 17.0 Å². The van der Waals surface area contributed by atoms with Gasteiger partial charge in [0.1, 0.15) is 11.6 Å². The highest BCUT2D eigenvalue weighted by Gasteiger charge is 2.45. The zero-order valence-electron chi connectivity index (χ0n) is 22.4. The van der Waals surface area contributed by atoms with Gasteiger partial charge in [0, 0.05) is 6.42 Å². The van der Waals surface area contributed by atoms with Crippen molar-refractivity contribution in [3.05, 3.63) is 102 Å². The predicted molar refractivity (Wildman–Crippen MR) is 145 cm³/mol. The molecular formula is C30H33NO7S. The molecule has 0 aromatic heterocycles. The van der Waals surface area contributed by atoms with Gasteiger partial charge in [0.15, 0.2) is 6.10 Å². The van der Waals surface area contributed by atoms with Crippen molar-refractivity contribution >= 4 is 22.2 Å². The Morgan fingerprint density at radius 1 is 0.872 bits per heavy atom. The largest absolute Gasteiger partial charge is 0.451 e. The molecular weight excluding hydrogens is 518 g/mol. The van der Waals surface area contributed by atoms with E-state index in [4.69, 9.17) is 13.7 Å². The Balaban J connectivity index is 1.60. The summed E-state index contributed by atoms with van der Waals surface area (Å²) in [5, 5.41) is 0. The van der Waals surface area contributed by atoms with Crippen LogP contribution in [0.25, 0.3) is 0 Å². The number of carbonyl (C=O) groups is 2. The second kappa shape index (κ2) is 11.6. The number of hydrogen-bond donors (Lipinski definition) is 0. The molecule has 1 aliphatic rings. The summed E-state index contributed by atoms with van der Waals surface area (Å²) in [6.07, 6.45) is -2.51. The molecule has 9 heteroatoms. The summed E-state index contributed by atoms with van der Waals surface area (Å²) in [5.41, 5.74) is 1.59. The van der Waals surface area contributed by atoms with Crippen molar-refractivity contribution in [3.8, 4) is 0 Å². The minimum atomic E-state index is -4.13. The molecule has 0 aliphatic carbocycles. The number of aryl methyl sites for hydroxylation is 1. The number of carbonyl (C=O) groups excluding carboxylic acids is 2. The first kappa shape index (κ1) is 28.3. The van der Waals surface area contributed by atoms with E-state index >= 15 is 0 Å². The Bertz CT molecular complexity index is 1350. The van der Waals surface area contributed by atoms with Gasteiger partial charge >= 0.3 is 12.1 Å². The molecule has 0 N–H and O–H groups in total. The number of likely N-dealkylation sites (tertiary alicyclic amines) is 1. The molecule has 0 spiro atoms. The number of esters is 1. The van der Waals surface area contributed by atoms with Crippen LogP contribution in [0.5, 0.6) is 0 Å². The number of hydrogen-bond acceptors (Lipinski definition) is 7. The van der Waals surface area contributed by atoms with Crippen LogP contribution in [-0.4, -0.2) is 49.7 Å². The van der Waals surface area contributed by atoms with E-state index in [2.05, 4.69) is 0 Å². The van der Waals surface area contributed by atoms with Crippen LogP contribution in [0.4, 0.5) is 4.79 Å². The van der Waals surface area contributed by atoms with Crippen molar-refractivity contribution in [2.24, 2.45) is 0 Å². The van der Waals surface area contributed by atoms with Gasteiger partial charge in [0.25, 0.3) is 10.1 Å². The fourth-order valence-electron chi connectivity index (χ4n) is 4.33. The third-order valence-corrected chi connectivity index (χ3v) is 7.55. The summed E-state index contributed by atoms with van der Waals surface area (Å²) in [5.74, 6) is -0.683. The van der Waals surface area contributed by atoms with Crippen molar-refractivity contribution in [3.63, 3.8) is 0 Å². The van der Waals surface area contributed by atoms with E-state index in [9.17, 15) is 18.0 Å². The van der Waals surface area contributed by atoms with E-state index in [-0.39, 0.29) is 17.9 Å². The molecule has 1 unspecified atom stereocenters. The molecule has 3 aromatic carbocycles. The highest BCUT2D eigenvalue weighted by molar-refractivity contribution is 7.86. The zero-order chi connectivity index (χ0) is 28.2. The second-order valence-electron chi connectivity index (χ2n) is 10.5. The highest BCUT2D eigenvalue weighted by atomic mass is 32.2. The quantitative estimate of drug-likeness (QED) is 0.286. The van der Waals surface area contributed by atoms with Crippen molar-refractivity contribution in [1.29, 1.82) is 0 Å². The van der Waals surface area contributed by atoms with Crippen LogP contribution < -0.4 is 0 Å². The smallest absolute Gasteiger partial charge is 0.411 e. The van der Waals surface area contributed by atoms with Gasteiger partial charge in [-0.05, 0) is 51.0 Å². The number of amides is 1. The molecule has 0 radical (unpaired) electrons. The maximum atomic E-state index is 13.6. The fraction of sp³-hybridized carbons (Fsp3) is 0.333. The molecule has 2 atom stereocenters. The first-order chi connectivity index (χ1) is 18.4. The van der Waals surface area contributed by atoms with Gasteiger partial charge in [0.2, 0.25) is 0 Å². The summed E-state index contributed by atoms with van der Waals surface area (Å²) >= 11 is 0. The van der Waals surface area contributed by atoms with Crippen LogP contribution in [0.1, 0.15) is 50.0 Å². The lowest BCUT2D eigenvalue weighted by molar-refractivity contribution is -0.152. The fourth-order valence-corrected chi connectivity index (χ4v) is 5.41. The number of benzene rings is 3. The minimum absolute atomic E-state index is 0.00355. The first-order valence-corrected chi connectivity index (χ1v) is 14.1. The molecule has 39 heavy (non-hydrogen) atoms. The van der Waals surface area contributed by atoms with Crippen molar-refractivity contribution in [2.75, 3.05) is 6.54 Å². The van der Waals surface area contributed by atoms with Crippen LogP contribution in [0.15, 0.2) is 89.8 Å². The van der Waals surface area contributed by atoms with Crippen LogP contribution in [-0.2, 0) is 28.6 Å². The van der Waals surface area contributed by atoms with Gasteiger partial charge in [-0.15, -0.1) is 0 Å². The molecule has 8 nitrogen and oxygen atoms in total. The molecule has 1 fully saturated rings. The minimum Gasteiger partial charge on any atom is -0.451 e. The van der Waals surface area contributed by atoms with Gasteiger partial charge in [-0.1, -0.05) is 78.4 Å². The number of nitrogens with zero attached hydrogens (tertiary/aromatic N) is 1. The van der Waals surface area contributed by atoms with Gasteiger partial charge < -0.3 is 9.47 Å². The summed E-state index contributed by atoms with van der Waals surface area (Å²) in [6.45, 7) is 6.84. The predicted octanol–water partition coefficient (Wildman–Crippen LogP) is 5.41. The topological polar surface area (TPSA) is 99.2 Å². The summed E-state index contributed by atoms with van der Waals surface area (Å²) in [4.78, 5) is 27.9. The van der Waals surface area contributed by atoms with Crippen LogP contribution >= 0.6 is 0 Å². The molecule has 0 bridgehead atoms. The van der Waals surface area contributed by atoms with Crippen molar-refractivity contribution < 1.29 is 31.7 Å². The summed E-state index contributed by atoms with van der Waals surface area (Å²) in [7, 11) is -4.13. The molecule has 206 valence electrons. The van der Waals surface area contributed by atoms with Crippen LogP contribution in [0.2, 0.25) is 0 Å². The zero-order valence-corrected chi connectivity index (χ0v) is 23.3. The third kappa shape index (κ3) is 7.25. The Kier molecular flexibility index (Phi) is 8.42. The SMILES string of the molecule is Cc1ccc(S(=O)(=O)OC2C[C@H](C(=O)OC(c3ccccc3)c3ccccc3)N(C(=O)OC(C)(C)C)C2)cc1. The first-order valence-electron chi connectivity index (χ1n) is 12.7. The Morgan fingerprint density at radius 2 is 1.41 bits per heavy atom. The van der Waals surface area contributed by atoms with E-state index < -0.39 is 46.0 Å². The highest BCUT2D eigenvalue weighted by Crippen LogP contribution is 2.31. The molecule has 1 aliphatic heterocycles. The van der Waals surface area contributed by atoms with Crippen LogP contribution in [0, 0.1) is 6.92 Å². The van der Waals surface area contributed by atoms with Crippen molar-refractivity contribution in [2.45, 2.75) is 62.9 Å². The van der Waals surface area contributed by atoms with E-state index in [0.717, 1.165) is 16.7 Å². The molecule has 0 saturated carbocycles. The monoisotopic (exact) mass is 551 g/mol. The Hall–Kier alpha value is -3.69. The van der Waals surface area contributed by atoms with Gasteiger partial charge in [-0.2, -0.15) is 8.42 Å². The average molecular weight is 552 g/mol. The standard InChI is InChI=1S/C30H33NO7S/c1-21-15-17-25(18-16-21)39(34,35)38-24-19-26(31(20-24)29(33)37-30(2,3)4)28(32)36-27(22-11-7-5-8-12-22)23-13-9-6-10-14-23/h5-18,24,26-27H,19-20H2,1-4H3/t24?,26-/m1/s1. The van der Waals surface area contributed by atoms with Crippen molar-refractivity contribution in [1.82, 2.24) is 4.90 Å². The van der Waals surface area contributed by atoms with E-state index in [1.807, 2.05) is 67.6 Å². The lowest BCUT2D eigenvalue weighted by atomic mass is 10.0. The summed E-state index contributed by atoms with van der Waals surface area (Å²) in [6, 6.07) is 23.7. The normalized spacial score (nSPS) is 17.7. The Labute approximate surface area is 229 Å². The van der Waals surface area contributed by atoms with E-state index in [1.54, 1.807) is 32.9 Å². The number of rotatable bonds is 7. The maximum Gasteiger partial charge on any atom is 0.411 e. The lowest BCUT2D eigenvalue weighted by Gasteiger charge is -2.28. The average Bonchev–Trinajstić information content (AvgIpc) is 3.31. The Morgan fingerprint density at radius 3 is 1.92 bits per heavy atom. The van der Waals surface area contributed by atoms with Gasteiger partial charge in [-0.25, -0.2) is 9.59 Å². The molecule has 1 amide bonds. The number of ether oxygens (including phenoxy) is 2. The molecule has 3 aromatic rings. The second-order valence-corrected chi connectivity index (χ2v) is 12.1. The summed E-state index contributed by atoms with van der Waals surface area (Å²) < 4.78 is 42.9. The lowest BCUT2D eigenvalue weighted by Crippen LogP contribution is -2.44.